The third-order valence-corrected chi connectivity index (χ3v) is 5.78. The summed E-state index contributed by atoms with van der Waals surface area (Å²) in [6.45, 7) is 1.80. The van der Waals surface area contributed by atoms with Crippen molar-refractivity contribution in [3.05, 3.63) is 58.8 Å². The molecule has 1 aromatic carbocycles. The quantitative estimate of drug-likeness (QED) is 0.619. The molecule has 2 aromatic heterocycles. The molecule has 0 saturated heterocycles. The molecule has 0 unspecified atom stereocenters. The Morgan fingerprint density at radius 3 is 2.62 bits per heavy atom. The van der Waals surface area contributed by atoms with Crippen LogP contribution in [0.3, 0.4) is 0 Å². The number of ether oxygens (including phenoxy) is 1. The lowest BCUT2D eigenvalue weighted by atomic mass is 10.3. The number of carbonyl (C=O) groups is 1. The minimum Gasteiger partial charge on any atom is -0.461 e. The van der Waals surface area contributed by atoms with Gasteiger partial charge in [-0.25, -0.2) is 22.2 Å². The van der Waals surface area contributed by atoms with E-state index in [4.69, 9.17) is 4.74 Å². The fourth-order valence-electron chi connectivity index (χ4n) is 2.33. The van der Waals surface area contributed by atoms with E-state index in [1.807, 2.05) is 0 Å². The van der Waals surface area contributed by atoms with Crippen LogP contribution in [0.25, 0.3) is 11.0 Å². The third-order valence-electron chi connectivity index (χ3n) is 3.37. The first-order valence-corrected chi connectivity index (χ1v) is 9.34. The first-order chi connectivity index (χ1) is 11.5. The predicted molar refractivity (Wildman–Crippen MR) is 92.4 cm³/mol. The van der Waals surface area contributed by atoms with Gasteiger partial charge in [0.2, 0.25) is 0 Å². The molecule has 0 bridgehead atoms. The van der Waals surface area contributed by atoms with Crippen molar-refractivity contribution in [3.63, 3.8) is 0 Å². The smallest absolute Gasteiger partial charge is 0.356 e. The molecule has 0 aliphatic rings. The van der Waals surface area contributed by atoms with Crippen molar-refractivity contribution in [2.24, 2.45) is 0 Å². The Morgan fingerprint density at radius 2 is 1.96 bits per heavy atom. The van der Waals surface area contributed by atoms with Crippen molar-refractivity contribution in [2.75, 3.05) is 6.61 Å². The summed E-state index contributed by atoms with van der Waals surface area (Å²) in [5, 5.41) is 0.514. The van der Waals surface area contributed by atoms with Gasteiger partial charge >= 0.3 is 5.97 Å². The van der Waals surface area contributed by atoms with Gasteiger partial charge in [0.15, 0.2) is 5.65 Å². The second-order valence-corrected chi connectivity index (χ2v) is 7.50. The Hall–Kier alpha value is -2.19. The van der Waals surface area contributed by atoms with Gasteiger partial charge < -0.3 is 4.74 Å². The second-order valence-electron chi connectivity index (χ2n) is 4.86. The molecule has 8 heteroatoms. The topological polar surface area (TPSA) is 78.3 Å². The maximum absolute atomic E-state index is 13.0. The molecule has 0 spiro atoms. The number of nitrogens with zero attached hydrogens (tertiary/aromatic N) is 2. The average molecular weight is 409 g/mol. The predicted octanol–water partition coefficient (Wildman–Crippen LogP) is 3.21. The van der Waals surface area contributed by atoms with Crippen LogP contribution in [-0.4, -0.2) is 30.0 Å². The Bertz CT molecular complexity index is 1010. The lowest BCUT2D eigenvalue weighted by Gasteiger charge is -2.10. The maximum atomic E-state index is 13.0. The van der Waals surface area contributed by atoms with Crippen LogP contribution in [-0.2, 0) is 14.8 Å². The molecule has 0 aliphatic carbocycles. The standard InChI is InChI=1S/C16H13BrN2O4S/c1-2-23-16(20)14-10-12-13(17)8-9-18-15(12)19(14)24(21,22)11-6-4-3-5-7-11/h3-10H,2H2,1H3. The van der Waals surface area contributed by atoms with Gasteiger partial charge in [0.05, 0.1) is 11.5 Å². The van der Waals surface area contributed by atoms with Gasteiger partial charge in [0, 0.05) is 16.1 Å². The molecule has 6 nitrogen and oxygen atoms in total. The highest BCUT2D eigenvalue weighted by atomic mass is 79.9. The van der Waals surface area contributed by atoms with E-state index in [1.54, 1.807) is 31.2 Å². The summed E-state index contributed by atoms with van der Waals surface area (Å²) in [5.41, 5.74) is 0.0754. The molecule has 0 atom stereocenters. The molecule has 0 amide bonds. The van der Waals surface area contributed by atoms with Gasteiger partial charge in [0.1, 0.15) is 5.69 Å². The third kappa shape index (κ3) is 2.71. The fourth-order valence-corrected chi connectivity index (χ4v) is 4.21. The molecule has 124 valence electrons. The van der Waals surface area contributed by atoms with E-state index >= 15 is 0 Å². The Balaban J connectivity index is 2.35. The maximum Gasteiger partial charge on any atom is 0.356 e. The van der Waals surface area contributed by atoms with E-state index in [2.05, 4.69) is 20.9 Å². The monoisotopic (exact) mass is 408 g/mol. The van der Waals surface area contributed by atoms with Crippen LogP contribution < -0.4 is 0 Å². The SMILES string of the molecule is CCOC(=O)c1cc2c(Br)ccnc2n1S(=O)(=O)c1ccccc1. The van der Waals surface area contributed by atoms with Crippen molar-refractivity contribution in [3.8, 4) is 0 Å². The van der Waals surface area contributed by atoms with Crippen LogP contribution in [0.1, 0.15) is 17.4 Å². The number of hydrogen-bond donors (Lipinski definition) is 0. The van der Waals surface area contributed by atoms with Crippen molar-refractivity contribution in [2.45, 2.75) is 11.8 Å². The zero-order chi connectivity index (χ0) is 17.3. The number of carbonyl (C=O) groups excluding carboxylic acids is 1. The summed E-state index contributed by atoms with van der Waals surface area (Å²) >= 11 is 3.36. The van der Waals surface area contributed by atoms with Crippen LogP contribution in [0.5, 0.6) is 0 Å². The minimum atomic E-state index is -4.00. The number of esters is 1. The normalized spacial score (nSPS) is 11.6. The lowest BCUT2D eigenvalue weighted by molar-refractivity contribution is 0.0518. The molecular weight excluding hydrogens is 396 g/mol. The summed E-state index contributed by atoms with van der Waals surface area (Å²) in [4.78, 5) is 16.5. The summed E-state index contributed by atoms with van der Waals surface area (Å²) in [6, 6.07) is 11.0. The van der Waals surface area contributed by atoms with Gasteiger partial charge in [-0.2, -0.15) is 0 Å². The first-order valence-electron chi connectivity index (χ1n) is 7.10. The van der Waals surface area contributed by atoms with Gasteiger partial charge in [-0.15, -0.1) is 0 Å². The highest BCUT2D eigenvalue weighted by molar-refractivity contribution is 9.10. The first kappa shape index (κ1) is 16.7. The second kappa shape index (κ2) is 6.37. The molecule has 0 radical (unpaired) electrons. The van der Waals surface area contributed by atoms with Crippen LogP contribution in [0, 0.1) is 0 Å². The molecule has 2 heterocycles. The fraction of sp³-hybridized carbons (Fsp3) is 0.125. The highest BCUT2D eigenvalue weighted by Gasteiger charge is 2.28. The van der Waals surface area contributed by atoms with Crippen molar-refractivity contribution < 1.29 is 17.9 Å². The van der Waals surface area contributed by atoms with E-state index in [-0.39, 0.29) is 22.8 Å². The molecule has 24 heavy (non-hydrogen) atoms. The van der Waals surface area contributed by atoms with Crippen LogP contribution in [0.15, 0.2) is 58.0 Å². The molecule has 0 aliphatic heterocycles. The van der Waals surface area contributed by atoms with Crippen LogP contribution in [0.4, 0.5) is 0 Å². The van der Waals surface area contributed by atoms with E-state index in [1.165, 1.54) is 24.4 Å². The Labute approximate surface area is 147 Å². The van der Waals surface area contributed by atoms with Gasteiger partial charge in [-0.1, -0.05) is 18.2 Å². The van der Waals surface area contributed by atoms with Crippen molar-refractivity contribution >= 4 is 43.0 Å². The number of aromatic nitrogens is 2. The molecule has 3 aromatic rings. The average Bonchev–Trinajstić information content (AvgIpc) is 2.98. The summed E-state index contributed by atoms with van der Waals surface area (Å²) < 4.78 is 32.7. The van der Waals surface area contributed by atoms with E-state index < -0.39 is 16.0 Å². The van der Waals surface area contributed by atoms with E-state index in [0.717, 1.165) is 3.97 Å². The molecule has 0 fully saturated rings. The number of pyridine rings is 1. The van der Waals surface area contributed by atoms with Crippen molar-refractivity contribution in [1.82, 2.24) is 8.96 Å². The molecule has 0 N–H and O–H groups in total. The number of benzene rings is 1. The van der Waals surface area contributed by atoms with E-state index in [0.29, 0.717) is 9.86 Å². The van der Waals surface area contributed by atoms with E-state index in [9.17, 15) is 13.2 Å². The zero-order valence-corrected chi connectivity index (χ0v) is 15.0. The minimum absolute atomic E-state index is 0.0647. The number of fused-ring (bicyclic) bond motifs is 1. The van der Waals surface area contributed by atoms with Crippen molar-refractivity contribution in [1.29, 1.82) is 0 Å². The molecule has 0 saturated carbocycles. The van der Waals surface area contributed by atoms with Gasteiger partial charge in [-0.3, -0.25) is 0 Å². The number of rotatable bonds is 4. The van der Waals surface area contributed by atoms with Gasteiger partial charge in [-0.05, 0) is 47.1 Å². The highest BCUT2D eigenvalue weighted by Crippen LogP contribution is 2.29. The van der Waals surface area contributed by atoms with Gasteiger partial charge in [0.25, 0.3) is 10.0 Å². The van der Waals surface area contributed by atoms with Crippen LogP contribution in [0.2, 0.25) is 0 Å². The number of hydrogen-bond acceptors (Lipinski definition) is 5. The lowest BCUT2D eigenvalue weighted by Crippen LogP contribution is -2.20. The molecule has 3 rings (SSSR count). The van der Waals surface area contributed by atoms with Crippen LogP contribution >= 0.6 is 15.9 Å². The number of halogens is 1. The Morgan fingerprint density at radius 1 is 1.25 bits per heavy atom. The zero-order valence-electron chi connectivity index (χ0n) is 12.6. The summed E-state index contributed by atoms with van der Waals surface area (Å²) in [7, 11) is -4.00. The summed E-state index contributed by atoms with van der Waals surface area (Å²) in [6.07, 6.45) is 1.47. The Kier molecular flexibility index (Phi) is 4.42. The summed E-state index contributed by atoms with van der Waals surface area (Å²) in [5.74, 6) is -0.720. The largest absolute Gasteiger partial charge is 0.461 e. The molecular formula is C16H13BrN2O4S.